The summed E-state index contributed by atoms with van der Waals surface area (Å²) >= 11 is 0. The quantitative estimate of drug-likeness (QED) is 0.161. The van der Waals surface area contributed by atoms with Gasteiger partial charge in [0.2, 0.25) is 0 Å². The van der Waals surface area contributed by atoms with E-state index in [9.17, 15) is 0 Å². The molecule has 2 aliphatic carbocycles. The highest BCUT2D eigenvalue weighted by molar-refractivity contribution is 6.27. The van der Waals surface area contributed by atoms with Crippen molar-refractivity contribution >= 4 is 81.7 Å². The minimum Gasteiger partial charge on any atom is -0.310 e. The third-order valence-corrected chi connectivity index (χ3v) is 14.2. The van der Waals surface area contributed by atoms with Crippen molar-refractivity contribution in [2.75, 3.05) is 4.90 Å². The van der Waals surface area contributed by atoms with Crippen molar-refractivity contribution < 1.29 is 0 Å². The Bertz CT molecular complexity index is 3790. The van der Waals surface area contributed by atoms with Gasteiger partial charge in [-0.05, 0) is 134 Å². The zero-order valence-electron chi connectivity index (χ0n) is 33.8. The van der Waals surface area contributed by atoms with Gasteiger partial charge in [0, 0.05) is 16.8 Å². The maximum absolute atomic E-state index is 2.55. The lowest BCUT2D eigenvalue weighted by molar-refractivity contribution is 0.793. The summed E-state index contributed by atoms with van der Waals surface area (Å²) in [5, 5.41) is 15.1. The highest BCUT2D eigenvalue weighted by atomic mass is 15.1. The molecule has 0 atom stereocenters. The summed E-state index contributed by atoms with van der Waals surface area (Å²) in [4.78, 5) is 2.55. The fourth-order valence-electron chi connectivity index (χ4n) is 11.7. The Kier molecular flexibility index (Phi) is 6.82. The SMILES string of the molecule is c1ccc2c(c1)-c1ccccc1C21c2ccccc2-c2ccc(N(c3ccc4c5ccccc5c5ccccc5c4c3)c3cc4ccc5ccccc5c4c4ccccc34)cc21. The zero-order chi connectivity index (χ0) is 40.5. The molecule has 0 unspecified atom stereocenters. The maximum atomic E-state index is 2.55. The molecule has 0 saturated heterocycles. The summed E-state index contributed by atoms with van der Waals surface area (Å²) in [6.45, 7) is 0. The van der Waals surface area contributed by atoms with Crippen molar-refractivity contribution in [2.24, 2.45) is 0 Å². The van der Waals surface area contributed by atoms with Crippen LogP contribution in [0.25, 0.3) is 86.9 Å². The summed E-state index contributed by atoms with van der Waals surface area (Å²) in [5.41, 5.74) is 13.6. The first-order valence-electron chi connectivity index (χ1n) is 21.7. The lowest BCUT2D eigenvalue weighted by Crippen LogP contribution is -2.26. The number of fused-ring (bicyclic) bond motifs is 21. The lowest BCUT2D eigenvalue weighted by Gasteiger charge is -2.32. The van der Waals surface area contributed by atoms with E-state index in [1.165, 1.54) is 109 Å². The van der Waals surface area contributed by atoms with E-state index in [1.54, 1.807) is 0 Å². The largest absolute Gasteiger partial charge is 0.310 e. The molecular weight excluding hydrogens is 747 g/mol. The molecule has 0 bridgehead atoms. The Morgan fingerprint density at radius 3 is 1.32 bits per heavy atom. The fraction of sp³-hybridized carbons (Fsp3) is 0.0164. The molecule has 12 aromatic rings. The third kappa shape index (κ3) is 4.37. The second-order valence-corrected chi connectivity index (χ2v) is 17.1. The number of benzene rings is 12. The molecule has 62 heavy (non-hydrogen) atoms. The average Bonchev–Trinajstić information content (AvgIpc) is 3.81. The van der Waals surface area contributed by atoms with Crippen LogP contribution in [0.2, 0.25) is 0 Å². The molecule has 0 aliphatic heterocycles. The van der Waals surface area contributed by atoms with Crippen molar-refractivity contribution in [3.63, 3.8) is 0 Å². The Hall–Kier alpha value is -8.00. The third-order valence-electron chi connectivity index (χ3n) is 14.2. The molecule has 1 spiro atoms. The number of hydrogen-bond acceptors (Lipinski definition) is 1. The fourth-order valence-corrected chi connectivity index (χ4v) is 11.7. The van der Waals surface area contributed by atoms with Gasteiger partial charge in [-0.3, -0.25) is 0 Å². The van der Waals surface area contributed by atoms with Crippen LogP contribution in [0, 0.1) is 0 Å². The Morgan fingerprint density at radius 2 is 0.694 bits per heavy atom. The molecular formula is C61H37N. The van der Waals surface area contributed by atoms with E-state index in [2.05, 4.69) is 229 Å². The van der Waals surface area contributed by atoms with Gasteiger partial charge in [0.15, 0.2) is 0 Å². The van der Waals surface area contributed by atoms with E-state index in [4.69, 9.17) is 0 Å². The summed E-state index contributed by atoms with van der Waals surface area (Å²) < 4.78 is 0. The van der Waals surface area contributed by atoms with Gasteiger partial charge >= 0.3 is 0 Å². The van der Waals surface area contributed by atoms with Gasteiger partial charge in [-0.25, -0.2) is 0 Å². The second-order valence-electron chi connectivity index (χ2n) is 17.1. The first-order valence-corrected chi connectivity index (χ1v) is 21.7. The Balaban J connectivity index is 1.11. The van der Waals surface area contributed by atoms with Gasteiger partial charge in [-0.2, -0.15) is 0 Å². The van der Waals surface area contributed by atoms with Crippen LogP contribution in [0.4, 0.5) is 17.1 Å². The van der Waals surface area contributed by atoms with Crippen LogP contribution in [0.5, 0.6) is 0 Å². The first kappa shape index (κ1) is 33.8. The highest BCUT2D eigenvalue weighted by Crippen LogP contribution is 2.63. The molecule has 1 heteroatoms. The molecule has 0 N–H and O–H groups in total. The van der Waals surface area contributed by atoms with E-state index in [0.717, 1.165) is 17.1 Å². The zero-order valence-corrected chi connectivity index (χ0v) is 33.8. The van der Waals surface area contributed by atoms with Gasteiger partial charge in [0.05, 0.1) is 11.1 Å². The maximum Gasteiger partial charge on any atom is 0.0726 e. The van der Waals surface area contributed by atoms with Crippen molar-refractivity contribution in [2.45, 2.75) is 5.41 Å². The lowest BCUT2D eigenvalue weighted by atomic mass is 9.70. The van der Waals surface area contributed by atoms with Gasteiger partial charge in [-0.1, -0.05) is 194 Å². The molecule has 286 valence electrons. The monoisotopic (exact) mass is 783 g/mol. The molecule has 14 rings (SSSR count). The highest BCUT2D eigenvalue weighted by Gasteiger charge is 2.51. The van der Waals surface area contributed by atoms with E-state index >= 15 is 0 Å². The minimum atomic E-state index is -0.455. The standard InChI is InChI=1S/C61H37N/c1-2-16-42-38(15-1)29-30-39-35-59(52-24-7-8-25-53(52)60(39)42)62(40-31-33-47-45-19-4-3-17-43(45)44-18-5-6-20-46(44)54(47)36-40)41-32-34-51-50-23-11-14-28-57(50)61(58(51)37-41)55-26-12-9-21-48(55)49-22-10-13-27-56(49)61/h1-37H. The van der Waals surface area contributed by atoms with Crippen LogP contribution in [0.15, 0.2) is 224 Å². The second kappa shape index (κ2) is 12.5. The Morgan fingerprint density at radius 1 is 0.258 bits per heavy atom. The molecule has 0 radical (unpaired) electrons. The van der Waals surface area contributed by atoms with Crippen molar-refractivity contribution in [3.8, 4) is 22.3 Å². The van der Waals surface area contributed by atoms with E-state index in [1.807, 2.05) is 0 Å². The summed E-state index contributed by atoms with van der Waals surface area (Å²) in [5.74, 6) is 0. The average molecular weight is 784 g/mol. The molecule has 0 amide bonds. The van der Waals surface area contributed by atoms with E-state index in [-0.39, 0.29) is 0 Å². The molecule has 12 aromatic carbocycles. The van der Waals surface area contributed by atoms with Crippen LogP contribution in [-0.4, -0.2) is 0 Å². The van der Waals surface area contributed by atoms with Crippen LogP contribution in [0.3, 0.4) is 0 Å². The van der Waals surface area contributed by atoms with Gasteiger partial charge in [0.1, 0.15) is 0 Å². The van der Waals surface area contributed by atoms with Gasteiger partial charge in [-0.15, -0.1) is 0 Å². The first-order chi connectivity index (χ1) is 30.8. The van der Waals surface area contributed by atoms with Gasteiger partial charge in [0.25, 0.3) is 0 Å². The number of nitrogens with zero attached hydrogens (tertiary/aromatic N) is 1. The van der Waals surface area contributed by atoms with E-state index < -0.39 is 5.41 Å². The molecule has 0 saturated carbocycles. The van der Waals surface area contributed by atoms with Crippen molar-refractivity contribution in [1.29, 1.82) is 0 Å². The van der Waals surface area contributed by atoms with Crippen LogP contribution in [0.1, 0.15) is 22.3 Å². The van der Waals surface area contributed by atoms with Crippen LogP contribution < -0.4 is 4.90 Å². The molecule has 2 aliphatic rings. The topological polar surface area (TPSA) is 3.24 Å². The summed E-state index contributed by atoms with van der Waals surface area (Å²) in [6, 6.07) is 84.3. The van der Waals surface area contributed by atoms with Gasteiger partial charge < -0.3 is 4.90 Å². The van der Waals surface area contributed by atoms with Crippen molar-refractivity contribution in [1.82, 2.24) is 0 Å². The number of anilines is 3. The van der Waals surface area contributed by atoms with E-state index in [0.29, 0.717) is 0 Å². The minimum absolute atomic E-state index is 0.455. The van der Waals surface area contributed by atoms with Crippen LogP contribution in [-0.2, 0) is 5.41 Å². The molecule has 0 aromatic heterocycles. The molecule has 1 nitrogen and oxygen atoms in total. The normalized spacial score (nSPS) is 13.3. The molecule has 0 heterocycles. The predicted molar refractivity (Wildman–Crippen MR) is 262 cm³/mol. The number of hydrogen-bond donors (Lipinski definition) is 0. The Labute approximate surface area is 359 Å². The predicted octanol–water partition coefficient (Wildman–Crippen LogP) is 16.4. The van der Waals surface area contributed by atoms with Crippen molar-refractivity contribution in [3.05, 3.63) is 247 Å². The number of rotatable bonds is 3. The summed E-state index contributed by atoms with van der Waals surface area (Å²) in [6.07, 6.45) is 0. The molecule has 0 fully saturated rings. The summed E-state index contributed by atoms with van der Waals surface area (Å²) in [7, 11) is 0. The van der Waals surface area contributed by atoms with Crippen LogP contribution >= 0.6 is 0 Å². The smallest absolute Gasteiger partial charge is 0.0726 e.